The van der Waals surface area contributed by atoms with Crippen molar-refractivity contribution in [1.82, 2.24) is 5.32 Å². The molecule has 4 N–H and O–H groups in total. The van der Waals surface area contributed by atoms with Gasteiger partial charge < -0.3 is 25.4 Å². The summed E-state index contributed by atoms with van der Waals surface area (Å²) in [5, 5.41) is 34.8. The molecule has 0 amide bonds. The summed E-state index contributed by atoms with van der Waals surface area (Å²) in [6.07, 6.45) is 6.90. The summed E-state index contributed by atoms with van der Waals surface area (Å²) in [5.74, 6) is 0.0210. The molecule has 2 atom stereocenters. The summed E-state index contributed by atoms with van der Waals surface area (Å²) in [6, 6.07) is 16.3. The smallest absolute Gasteiger partial charge is 0.170 e. The van der Waals surface area contributed by atoms with Gasteiger partial charge in [0.1, 0.15) is 29.6 Å². The van der Waals surface area contributed by atoms with Crippen LogP contribution in [0.5, 0.6) is 23.0 Å². The number of fused-ring (bicyclic) bond motifs is 1. The fourth-order valence-corrected chi connectivity index (χ4v) is 5.90. The second kappa shape index (κ2) is 10.9. The van der Waals surface area contributed by atoms with E-state index in [1.807, 2.05) is 43.3 Å². The molecule has 0 saturated heterocycles. The van der Waals surface area contributed by atoms with Gasteiger partial charge in [0.25, 0.3) is 0 Å². The third kappa shape index (κ3) is 5.30. The molecule has 3 aromatic carbocycles. The number of rotatable bonds is 7. The molecule has 37 heavy (non-hydrogen) atoms. The molecule has 0 radical (unpaired) electrons. The van der Waals surface area contributed by atoms with Gasteiger partial charge in [0.15, 0.2) is 5.78 Å². The number of ketones is 1. The van der Waals surface area contributed by atoms with E-state index in [1.165, 1.54) is 38.2 Å². The van der Waals surface area contributed by atoms with Gasteiger partial charge in [0.2, 0.25) is 0 Å². The number of benzene rings is 3. The zero-order chi connectivity index (χ0) is 25.9. The molecule has 0 aromatic heterocycles. The topological polar surface area (TPSA) is 99.0 Å². The lowest BCUT2D eigenvalue weighted by atomic mass is 9.70. The zero-order valence-corrected chi connectivity index (χ0v) is 21.2. The van der Waals surface area contributed by atoms with Gasteiger partial charge in [0, 0.05) is 30.1 Å². The number of phenols is 3. The summed E-state index contributed by atoms with van der Waals surface area (Å²) >= 11 is 0. The predicted octanol–water partition coefficient (Wildman–Crippen LogP) is 5.93. The molecule has 194 valence electrons. The van der Waals surface area contributed by atoms with Crippen molar-refractivity contribution in [3.8, 4) is 34.1 Å². The quantitative estimate of drug-likeness (QED) is 0.300. The zero-order valence-electron chi connectivity index (χ0n) is 21.2. The van der Waals surface area contributed by atoms with Crippen LogP contribution in [0, 0.1) is 5.92 Å². The van der Waals surface area contributed by atoms with E-state index < -0.39 is 0 Å². The highest BCUT2D eigenvalue weighted by atomic mass is 16.5. The van der Waals surface area contributed by atoms with Crippen molar-refractivity contribution in [3.63, 3.8) is 0 Å². The molecule has 0 bridgehead atoms. The number of hydrogen-bond acceptors (Lipinski definition) is 6. The van der Waals surface area contributed by atoms with Crippen LogP contribution in [0.2, 0.25) is 0 Å². The Hall–Kier alpha value is -3.51. The molecule has 5 rings (SSSR count). The SMILES string of the molecule is CC1C(=O)c2c(O)cc(O)c(-c3ccc(OCCNC4CCCCC4)cc3)c2CC1c1ccc(O)cc1. The van der Waals surface area contributed by atoms with Gasteiger partial charge in [0.05, 0.1) is 5.56 Å². The number of aromatic hydroxyl groups is 3. The van der Waals surface area contributed by atoms with Gasteiger partial charge in [-0.2, -0.15) is 0 Å². The highest BCUT2D eigenvalue weighted by Gasteiger charge is 2.37. The van der Waals surface area contributed by atoms with Crippen molar-refractivity contribution in [1.29, 1.82) is 0 Å². The van der Waals surface area contributed by atoms with E-state index in [4.69, 9.17) is 4.74 Å². The lowest BCUT2D eigenvalue weighted by Crippen LogP contribution is -2.34. The normalized spacial score (nSPS) is 20.0. The van der Waals surface area contributed by atoms with Crippen molar-refractivity contribution < 1.29 is 24.9 Å². The molecular formula is C31H35NO5. The molecule has 0 aliphatic heterocycles. The summed E-state index contributed by atoms with van der Waals surface area (Å²) in [4.78, 5) is 13.4. The summed E-state index contributed by atoms with van der Waals surface area (Å²) in [7, 11) is 0. The van der Waals surface area contributed by atoms with Crippen LogP contribution in [-0.4, -0.2) is 40.3 Å². The fourth-order valence-electron chi connectivity index (χ4n) is 5.90. The molecule has 2 aliphatic rings. The van der Waals surface area contributed by atoms with Crippen molar-refractivity contribution in [2.24, 2.45) is 5.92 Å². The highest BCUT2D eigenvalue weighted by Crippen LogP contribution is 2.47. The summed E-state index contributed by atoms with van der Waals surface area (Å²) < 4.78 is 5.93. The molecule has 3 aromatic rings. The number of Topliss-reactive ketones (excluding diaryl/α,β-unsaturated/α-hetero) is 1. The van der Waals surface area contributed by atoms with Gasteiger partial charge in [-0.05, 0) is 66.1 Å². The van der Waals surface area contributed by atoms with Crippen molar-refractivity contribution in [3.05, 3.63) is 71.3 Å². The van der Waals surface area contributed by atoms with Crippen LogP contribution in [0.4, 0.5) is 0 Å². The Kier molecular flexibility index (Phi) is 7.38. The van der Waals surface area contributed by atoms with Gasteiger partial charge >= 0.3 is 0 Å². The van der Waals surface area contributed by atoms with E-state index in [0.717, 1.165) is 23.4 Å². The molecule has 0 heterocycles. The van der Waals surface area contributed by atoms with Crippen molar-refractivity contribution >= 4 is 5.78 Å². The van der Waals surface area contributed by atoms with Crippen molar-refractivity contribution in [2.45, 2.75) is 57.4 Å². The first-order valence-corrected chi connectivity index (χ1v) is 13.3. The maximum absolute atomic E-state index is 13.4. The first-order valence-electron chi connectivity index (χ1n) is 13.3. The largest absolute Gasteiger partial charge is 0.508 e. The Morgan fingerprint density at radius 1 is 0.892 bits per heavy atom. The maximum Gasteiger partial charge on any atom is 0.170 e. The molecule has 6 nitrogen and oxygen atoms in total. The van der Waals surface area contributed by atoms with Gasteiger partial charge in [-0.25, -0.2) is 0 Å². The average molecular weight is 502 g/mol. The molecule has 1 fully saturated rings. The Balaban J connectivity index is 1.36. The van der Waals surface area contributed by atoms with Crippen LogP contribution in [0.1, 0.15) is 66.4 Å². The number of nitrogens with one attached hydrogen (secondary N) is 1. The van der Waals surface area contributed by atoms with Crippen LogP contribution < -0.4 is 10.1 Å². The van der Waals surface area contributed by atoms with Crippen LogP contribution in [0.15, 0.2) is 54.6 Å². The summed E-state index contributed by atoms with van der Waals surface area (Å²) in [5.41, 5.74) is 3.17. The second-order valence-electron chi connectivity index (χ2n) is 10.4. The monoisotopic (exact) mass is 501 g/mol. The van der Waals surface area contributed by atoms with E-state index in [1.54, 1.807) is 12.1 Å². The second-order valence-corrected chi connectivity index (χ2v) is 10.4. The Labute approximate surface area is 217 Å². The number of carbonyl (C=O) groups is 1. The lowest BCUT2D eigenvalue weighted by molar-refractivity contribution is 0.0895. The highest BCUT2D eigenvalue weighted by molar-refractivity contribution is 6.05. The number of phenolic OH excluding ortho intramolecular Hbond substituents is 3. The summed E-state index contributed by atoms with van der Waals surface area (Å²) in [6.45, 7) is 3.25. The molecule has 2 aliphatic carbocycles. The minimum absolute atomic E-state index is 0.0617. The third-order valence-corrected chi connectivity index (χ3v) is 7.95. The Bertz CT molecular complexity index is 1250. The van der Waals surface area contributed by atoms with Gasteiger partial charge in [-0.1, -0.05) is 50.5 Å². The molecule has 2 unspecified atom stereocenters. The fraction of sp³-hybridized carbons (Fsp3) is 0.387. The number of hydrogen-bond donors (Lipinski definition) is 4. The lowest BCUT2D eigenvalue weighted by Gasteiger charge is -2.32. The Morgan fingerprint density at radius 3 is 2.27 bits per heavy atom. The molecular weight excluding hydrogens is 466 g/mol. The average Bonchev–Trinajstić information content (AvgIpc) is 2.90. The third-order valence-electron chi connectivity index (χ3n) is 7.95. The van der Waals surface area contributed by atoms with E-state index in [0.29, 0.717) is 30.2 Å². The maximum atomic E-state index is 13.4. The van der Waals surface area contributed by atoms with Crippen LogP contribution in [-0.2, 0) is 6.42 Å². The van der Waals surface area contributed by atoms with Gasteiger partial charge in [-0.3, -0.25) is 4.79 Å². The van der Waals surface area contributed by atoms with Crippen molar-refractivity contribution in [2.75, 3.05) is 13.2 Å². The minimum Gasteiger partial charge on any atom is -0.508 e. The standard InChI is InChI=1S/C31H35NO5/c1-19-25(20-7-11-23(33)12-8-20)17-26-29(27(34)18-28(35)30(26)31(19)36)21-9-13-24(14-10-21)37-16-15-32-22-5-3-2-4-6-22/h7-14,18-19,22,25,32-35H,2-6,15-17H2,1H3. The van der Waals surface area contributed by atoms with Gasteiger partial charge in [-0.15, -0.1) is 0 Å². The van der Waals surface area contributed by atoms with Crippen LogP contribution in [0.25, 0.3) is 11.1 Å². The van der Waals surface area contributed by atoms with E-state index in [-0.39, 0.29) is 40.4 Å². The van der Waals surface area contributed by atoms with E-state index in [2.05, 4.69) is 5.32 Å². The van der Waals surface area contributed by atoms with E-state index >= 15 is 0 Å². The van der Waals surface area contributed by atoms with Crippen LogP contribution in [0.3, 0.4) is 0 Å². The predicted molar refractivity (Wildman–Crippen MR) is 144 cm³/mol. The molecule has 1 saturated carbocycles. The van der Waals surface area contributed by atoms with E-state index in [9.17, 15) is 20.1 Å². The number of carbonyl (C=O) groups excluding carboxylic acids is 1. The first-order chi connectivity index (χ1) is 17.9. The molecule has 0 spiro atoms. The first kappa shape index (κ1) is 25.2. The van der Waals surface area contributed by atoms with Crippen LogP contribution >= 0.6 is 0 Å². The molecule has 6 heteroatoms. The minimum atomic E-state index is -0.349. The number of ether oxygens (including phenoxy) is 1. The Morgan fingerprint density at radius 2 is 1.57 bits per heavy atom.